The van der Waals surface area contributed by atoms with E-state index in [0.717, 1.165) is 0 Å². The van der Waals surface area contributed by atoms with E-state index in [2.05, 4.69) is 5.32 Å². The molecule has 0 aromatic heterocycles. The molecule has 0 radical (unpaired) electrons. The van der Waals surface area contributed by atoms with Crippen molar-refractivity contribution in [2.24, 2.45) is 5.14 Å². The van der Waals surface area contributed by atoms with Gasteiger partial charge in [0.1, 0.15) is 0 Å². The van der Waals surface area contributed by atoms with Crippen molar-refractivity contribution < 1.29 is 13.2 Å². The van der Waals surface area contributed by atoms with Gasteiger partial charge in [-0.2, -0.15) is 0 Å². The maximum absolute atomic E-state index is 11.2. The Balaban J connectivity index is 2.92. The SMILES string of the molecule is COC(C)CNc1cc(S(N)(=O)=O)ccc1N. The van der Waals surface area contributed by atoms with Gasteiger partial charge in [0.25, 0.3) is 0 Å². The zero-order valence-electron chi connectivity index (χ0n) is 9.80. The third-order valence-corrected chi connectivity index (χ3v) is 3.25. The molecule has 0 spiro atoms. The van der Waals surface area contributed by atoms with Gasteiger partial charge in [-0.1, -0.05) is 0 Å². The molecule has 6 nitrogen and oxygen atoms in total. The lowest BCUT2D eigenvalue weighted by molar-refractivity contribution is 0.129. The first-order valence-electron chi connectivity index (χ1n) is 5.03. The highest BCUT2D eigenvalue weighted by Gasteiger charge is 2.10. The Morgan fingerprint density at radius 2 is 2.12 bits per heavy atom. The van der Waals surface area contributed by atoms with Gasteiger partial charge in [-0.15, -0.1) is 0 Å². The summed E-state index contributed by atoms with van der Waals surface area (Å²) in [6.45, 7) is 2.40. The topological polar surface area (TPSA) is 107 Å². The zero-order chi connectivity index (χ0) is 13.1. The van der Waals surface area contributed by atoms with Crippen molar-refractivity contribution in [3.8, 4) is 0 Å². The Morgan fingerprint density at radius 3 is 2.65 bits per heavy atom. The summed E-state index contributed by atoms with van der Waals surface area (Å²) in [6, 6.07) is 4.28. The molecule has 7 heteroatoms. The van der Waals surface area contributed by atoms with Gasteiger partial charge in [0.15, 0.2) is 0 Å². The lowest BCUT2D eigenvalue weighted by Crippen LogP contribution is -2.19. The highest BCUT2D eigenvalue weighted by molar-refractivity contribution is 7.89. The van der Waals surface area contributed by atoms with E-state index >= 15 is 0 Å². The summed E-state index contributed by atoms with van der Waals surface area (Å²) in [5.41, 5.74) is 6.71. The Morgan fingerprint density at radius 1 is 1.47 bits per heavy atom. The maximum Gasteiger partial charge on any atom is 0.238 e. The van der Waals surface area contributed by atoms with Gasteiger partial charge >= 0.3 is 0 Å². The lowest BCUT2D eigenvalue weighted by atomic mass is 10.2. The molecule has 0 aliphatic heterocycles. The van der Waals surface area contributed by atoms with E-state index in [0.29, 0.717) is 17.9 Å². The van der Waals surface area contributed by atoms with Crippen LogP contribution in [0.15, 0.2) is 23.1 Å². The van der Waals surface area contributed by atoms with Gasteiger partial charge < -0.3 is 15.8 Å². The molecule has 0 aliphatic rings. The fourth-order valence-corrected chi connectivity index (χ4v) is 1.74. The van der Waals surface area contributed by atoms with Crippen molar-refractivity contribution in [2.45, 2.75) is 17.9 Å². The quantitative estimate of drug-likeness (QED) is 0.662. The number of nitrogens with two attached hydrogens (primary N) is 2. The van der Waals surface area contributed by atoms with Crippen molar-refractivity contribution in [3.63, 3.8) is 0 Å². The predicted molar refractivity (Wildman–Crippen MR) is 67.2 cm³/mol. The number of rotatable bonds is 5. The van der Waals surface area contributed by atoms with Crippen LogP contribution in [0.1, 0.15) is 6.92 Å². The number of benzene rings is 1. The van der Waals surface area contributed by atoms with Crippen LogP contribution in [0.2, 0.25) is 0 Å². The maximum atomic E-state index is 11.2. The van der Waals surface area contributed by atoms with Crippen molar-refractivity contribution in [3.05, 3.63) is 18.2 Å². The molecule has 0 heterocycles. The molecule has 0 fully saturated rings. The highest BCUT2D eigenvalue weighted by atomic mass is 32.2. The zero-order valence-corrected chi connectivity index (χ0v) is 10.6. The summed E-state index contributed by atoms with van der Waals surface area (Å²) in [7, 11) is -2.12. The standard InChI is InChI=1S/C10H17N3O3S/c1-7(16-2)6-13-10-5-8(17(12,14)15)3-4-9(10)11/h3-5,7,13H,6,11H2,1-2H3,(H2,12,14,15). The predicted octanol–water partition coefficient (Wildman–Crippen LogP) is 0.363. The van der Waals surface area contributed by atoms with E-state index in [4.69, 9.17) is 15.6 Å². The van der Waals surface area contributed by atoms with E-state index in [-0.39, 0.29) is 11.0 Å². The Kier molecular flexibility index (Phi) is 4.33. The first-order chi connectivity index (χ1) is 7.84. The molecule has 1 unspecified atom stereocenters. The molecular weight excluding hydrogens is 242 g/mol. The van der Waals surface area contributed by atoms with Crippen LogP contribution < -0.4 is 16.2 Å². The number of methoxy groups -OCH3 is 1. The first-order valence-corrected chi connectivity index (χ1v) is 6.58. The third kappa shape index (κ3) is 3.88. The number of hydrogen-bond donors (Lipinski definition) is 3. The molecular formula is C10H17N3O3S. The summed E-state index contributed by atoms with van der Waals surface area (Å²) < 4.78 is 27.4. The van der Waals surface area contributed by atoms with Crippen molar-refractivity contribution in [1.29, 1.82) is 0 Å². The number of ether oxygens (including phenoxy) is 1. The van der Waals surface area contributed by atoms with Gasteiger partial charge in [-0.3, -0.25) is 0 Å². The van der Waals surface area contributed by atoms with E-state index in [1.807, 2.05) is 6.92 Å². The van der Waals surface area contributed by atoms with Crippen molar-refractivity contribution >= 4 is 21.4 Å². The molecule has 0 aliphatic carbocycles. The van der Waals surface area contributed by atoms with Gasteiger partial charge in [0, 0.05) is 13.7 Å². The second-order valence-corrected chi connectivity index (χ2v) is 5.28. The van der Waals surface area contributed by atoms with Crippen LogP contribution in [0.4, 0.5) is 11.4 Å². The summed E-state index contributed by atoms with van der Waals surface area (Å²) in [4.78, 5) is 0.0271. The molecule has 1 aromatic rings. The van der Waals surface area contributed by atoms with Crippen LogP contribution >= 0.6 is 0 Å². The fraction of sp³-hybridized carbons (Fsp3) is 0.400. The number of nitrogens with one attached hydrogen (secondary N) is 1. The lowest BCUT2D eigenvalue weighted by Gasteiger charge is -2.14. The summed E-state index contributed by atoms with van der Waals surface area (Å²) in [5.74, 6) is 0. The van der Waals surface area contributed by atoms with Crippen LogP contribution in [-0.4, -0.2) is 28.2 Å². The molecule has 0 saturated heterocycles. The number of nitrogen functional groups attached to an aromatic ring is 1. The van der Waals surface area contributed by atoms with Crippen LogP contribution in [0.5, 0.6) is 0 Å². The molecule has 96 valence electrons. The van der Waals surface area contributed by atoms with Gasteiger partial charge in [-0.25, -0.2) is 13.6 Å². The largest absolute Gasteiger partial charge is 0.397 e. The third-order valence-electron chi connectivity index (χ3n) is 2.34. The Bertz CT molecular complexity index is 488. The van der Waals surface area contributed by atoms with Crippen molar-refractivity contribution in [2.75, 3.05) is 24.7 Å². The van der Waals surface area contributed by atoms with E-state index in [1.165, 1.54) is 18.2 Å². The number of primary sulfonamides is 1. The smallest absolute Gasteiger partial charge is 0.238 e. The summed E-state index contributed by atoms with van der Waals surface area (Å²) in [6.07, 6.45) is -0.00691. The van der Waals surface area contributed by atoms with Crippen molar-refractivity contribution in [1.82, 2.24) is 0 Å². The second kappa shape index (κ2) is 5.35. The van der Waals surface area contributed by atoms with Crippen LogP contribution in [0.3, 0.4) is 0 Å². The van der Waals surface area contributed by atoms with Gasteiger partial charge in [0.2, 0.25) is 10.0 Å². The number of hydrogen-bond acceptors (Lipinski definition) is 5. The molecule has 1 rings (SSSR count). The number of anilines is 2. The fourth-order valence-electron chi connectivity index (χ4n) is 1.20. The molecule has 0 amide bonds. The minimum absolute atomic E-state index is 0.00691. The van der Waals surface area contributed by atoms with Crippen LogP contribution in [-0.2, 0) is 14.8 Å². The molecule has 1 atom stereocenters. The van der Waals surface area contributed by atoms with E-state index in [9.17, 15) is 8.42 Å². The van der Waals surface area contributed by atoms with Gasteiger partial charge in [0.05, 0.1) is 22.4 Å². The molecule has 0 bridgehead atoms. The monoisotopic (exact) mass is 259 g/mol. The van der Waals surface area contributed by atoms with Gasteiger partial charge in [-0.05, 0) is 25.1 Å². The Hall–Kier alpha value is -1.31. The summed E-state index contributed by atoms with van der Waals surface area (Å²) >= 11 is 0. The van der Waals surface area contributed by atoms with Crippen LogP contribution in [0, 0.1) is 0 Å². The molecule has 0 saturated carbocycles. The molecule has 17 heavy (non-hydrogen) atoms. The van der Waals surface area contributed by atoms with Crippen LogP contribution in [0.25, 0.3) is 0 Å². The van der Waals surface area contributed by atoms with E-state index in [1.54, 1.807) is 7.11 Å². The minimum Gasteiger partial charge on any atom is -0.397 e. The average molecular weight is 259 g/mol. The highest BCUT2D eigenvalue weighted by Crippen LogP contribution is 2.22. The number of sulfonamides is 1. The molecule has 1 aromatic carbocycles. The Labute approximate surface area is 101 Å². The second-order valence-electron chi connectivity index (χ2n) is 3.72. The normalized spacial score (nSPS) is 13.4. The summed E-state index contributed by atoms with van der Waals surface area (Å²) in [5, 5.41) is 8.04. The first kappa shape index (κ1) is 13.8. The minimum atomic E-state index is -3.71. The molecule has 5 N–H and O–H groups in total. The van der Waals surface area contributed by atoms with E-state index < -0.39 is 10.0 Å². The average Bonchev–Trinajstić information content (AvgIpc) is 2.26.